The van der Waals surface area contributed by atoms with Crippen molar-refractivity contribution < 1.29 is 23.9 Å². The van der Waals surface area contributed by atoms with Gasteiger partial charge in [0.1, 0.15) is 12.1 Å². The molecule has 0 bridgehead atoms. The highest BCUT2D eigenvalue weighted by Crippen LogP contribution is 2.32. The van der Waals surface area contributed by atoms with Gasteiger partial charge in [0.15, 0.2) is 0 Å². The van der Waals surface area contributed by atoms with Crippen LogP contribution in [0.25, 0.3) is 0 Å². The smallest absolute Gasteiger partial charge is 0.329 e. The lowest BCUT2D eigenvalue weighted by Gasteiger charge is -2.26. The number of amides is 3. The highest BCUT2D eigenvalue weighted by molar-refractivity contribution is 6.04. The van der Waals surface area contributed by atoms with E-state index in [0.29, 0.717) is 18.5 Å². The van der Waals surface area contributed by atoms with Crippen LogP contribution in [0.4, 0.5) is 5.69 Å². The molecule has 3 amide bonds. The molecule has 0 saturated carbocycles. The molecule has 2 aromatic carbocycles. The van der Waals surface area contributed by atoms with E-state index in [4.69, 9.17) is 4.74 Å². The number of benzene rings is 2. The third-order valence-electron chi connectivity index (χ3n) is 6.15. The first-order chi connectivity index (χ1) is 16.3. The van der Waals surface area contributed by atoms with E-state index in [1.54, 1.807) is 12.1 Å². The summed E-state index contributed by atoms with van der Waals surface area (Å²) < 4.78 is 4.88. The first-order valence-electron chi connectivity index (χ1n) is 11.4. The molecule has 0 saturated heterocycles. The van der Waals surface area contributed by atoms with E-state index in [2.05, 4.69) is 10.6 Å². The highest BCUT2D eigenvalue weighted by atomic mass is 16.5. The van der Waals surface area contributed by atoms with E-state index in [0.717, 1.165) is 11.1 Å². The number of fused-ring (bicyclic) bond motifs is 1. The second-order valence-electron chi connectivity index (χ2n) is 8.45. The summed E-state index contributed by atoms with van der Waals surface area (Å²) in [4.78, 5) is 52.3. The summed E-state index contributed by atoms with van der Waals surface area (Å²) in [5, 5.41) is 5.47. The number of methoxy groups -OCH3 is 1. The average Bonchev–Trinajstić information content (AvgIpc) is 3.25. The number of nitrogens with one attached hydrogen (secondary N) is 2. The third-order valence-corrected chi connectivity index (χ3v) is 6.15. The molecule has 8 heteroatoms. The van der Waals surface area contributed by atoms with Crippen LogP contribution in [0.2, 0.25) is 0 Å². The molecule has 0 fully saturated rings. The van der Waals surface area contributed by atoms with Crippen molar-refractivity contribution in [1.82, 2.24) is 10.6 Å². The van der Waals surface area contributed by atoms with Crippen molar-refractivity contribution in [2.75, 3.05) is 18.6 Å². The fourth-order valence-corrected chi connectivity index (χ4v) is 4.08. The van der Waals surface area contributed by atoms with Crippen LogP contribution < -0.4 is 15.5 Å². The molecule has 3 rings (SSSR count). The lowest BCUT2D eigenvalue weighted by molar-refractivity contribution is -0.143. The summed E-state index contributed by atoms with van der Waals surface area (Å²) >= 11 is 0. The number of anilines is 1. The Bertz CT molecular complexity index is 1040. The number of ether oxygens (including phenoxy) is 1. The monoisotopic (exact) mass is 465 g/mol. The minimum atomic E-state index is -0.781. The van der Waals surface area contributed by atoms with Crippen LogP contribution in [-0.4, -0.2) is 49.4 Å². The molecule has 34 heavy (non-hydrogen) atoms. The van der Waals surface area contributed by atoms with Crippen LogP contribution in [0, 0.1) is 5.92 Å². The van der Waals surface area contributed by atoms with Gasteiger partial charge in [0.05, 0.1) is 20.1 Å². The van der Waals surface area contributed by atoms with Crippen molar-refractivity contribution in [2.24, 2.45) is 5.92 Å². The summed E-state index contributed by atoms with van der Waals surface area (Å²) in [5.74, 6) is -1.78. The molecule has 8 nitrogen and oxygen atoms in total. The zero-order valence-corrected chi connectivity index (χ0v) is 19.7. The molecule has 3 atom stereocenters. The topological polar surface area (TPSA) is 105 Å². The summed E-state index contributed by atoms with van der Waals surface area (Å²) in [7, 11) is 1.28. The third kappa shape index (κ3) is 5.81. The first-order valence-corrected chi connectivity index (χ1v) is 11.4. The second-order valence-corrected chi connectivity index (χ2v) is 8.45. The molecule has 0 aliphatic carbocycles. The van der Waals surface area contributed by atoms with Gasteiger partial charge in [-0.25, -0.2) is 4.79 Å². The standard InChI is InChI=1S/C26H31N3O5/c1-4-17(2)24(28-22(30)14-18-10-6-5-7-11-18)25(32)27-16-23(31)29-20-13-9-8-12-19(20)15-21(29)26(33)34-3/h5-13,17,21,24H,4,14-16H2,1-3H3,(H,27,32)(H,28,30)/t17-,21-,24-/m0/s1. The molecule has 180 valence electrons. The van der Waals surface area contributed by atoms with E-state index >= 15 is 0 Å². The van der Waals surface area contributed by atoms with E-state index in [1.165, 1.54) is 12.0 Å². The highest BCUT2D eigenvalue weighted by Gasteiger charge is 2.39. The molecule has 1 aliphatic heterocycles. The zero-order chi connectivity index (χ0) is 24.7. The number of rotatable bonds is 9. The quantitative estimate of drug-likeness (QED) is 0.552. The largest absolute Gasteiger partial charge is 0.467 e. The van der Waals surface area contributed by atoms with Gasteiger partial charge in [-0.2, -0.15) is 0 Å². The minimum absolute atomic E-state index is 0.134. The Morgan fingerprint density at radius 2 is 1.74 bits per heavy atom. The van der Waals surface area contributed by atoms with Gasteiger partial charge in [0.2, 0.25) is 17.7 Å². The molecule has 0 unspecified atom stereocenters. The van der Waals surface area contributed by atoms with Crippen LogP contribution in [-0.2, 0) is 36.8 Å². The zero-order valence-electron chi connectivity index (χ0n) is 19.7. The maximum absolute atomic E-state index is 13.1. The molecule has 0 spiro atoms. The lowest BCUT2D eigenvalue weighted by Crippen LogP contribution is -2.53. The van der Waals surface area contributed by atoms with E-state index in [9.17, 15) is 19.2 Å². The summed E-state index contributed by atoms with van der Waals surface area (Å²) in [6, 6.07) is 15.0. The van der Waals surface area contributed by atoms with Crippen LogP contribution in [0.15, 0.2) is 54.6 Å². The van der Waals surface area contributed by atoms with Crippen molar-refractivity contribution in [3.05, 3.63) is 65.7 Å². The Morgan fingerprint density at radius 1 is 1.06 bits per heavy atom. The van der Waals surface area contributed by atoms with Crippen molar-refractivity contribution >= 4 is 29.4 Å². The molecular weight excluding hydrogens is 434 g/mol. The number of carbonyl (C=O) groups is 4. The Morgan fingerprint density at radius 3 is 2.41 bits per heavy atom. The normalized spacial score (nSPS) is 16.2. The van der Waals surface area contributed by atoms with Crippen molar-refractivity contribution in [2.45, 2.75) is 45.2 Å². The Balaban J connectivity index is 1.66. The maximum atomic E-state index is 13.1. The Kier molecular flexibility index (Phi) is 8.40. The van der Waals surface area contributed by atoms with Crippen LogP contribution in [0.1, 0.15) is 31.4 Å². The molecule has 2 N–H and O–H groups in total. The number of esters is 1. The molecular formula is C26H31N3O5. The lowest BCUT2D eigenvalue weighted by atomic mass is 9.98. The number of hydrogen-bond donors (Lipinski definition) is 2. The van der Waals surface area contributed by atoms with Gasteiger partial charge in [-0.3, -0.25) is 19.3 Å². The number of hydrogen-bond acceptors (Lipinski definition) is 5. The van der Waals surface area contributed by atoms with Gasteiger partial charge in [0, 0.05) is 12.1 Å². The fourth-order valence-electron chi connectivity index (χ4n) is 4.08. The first kappa shape index (κ1) is 25.0. The number of nitrogens with zero attached hydrogens (tertiary/aromatic N) is 1. The van der Waals surface area contributed by atoms with E-state index in [-0.39, 0.29) is 24.8 Å². The molecule has 0 radical (unpaired) electrons. The van der Waals surface area contributed by atoms with E-state index in [1.807, 2.05) is 56.3 Å². The van der Waals surface area contributed by atoms with Crippen LogP contribution in [0.3, 0.4) is 0 Å². The summed E-state index contributed by atoms with van der Waals surface area (Å²) in [6.45, 7) is 3.50. The van der Waals surface area contributed by atoms with Gasteiger partial charge >= 0.3 is 5.97 Å². The number of carbonyl (C=O) groups excluding carboxylic acids is 4. The second kappa shape index (κ2) is 11.4. The Hall–Kier alpha value is -3.68. The van der Waals surface area contributed by atoms with Crippen molar-refractivity contribution in [3.8, 4) is 0 Å². The fraction of sp³-hybridized carbons (Fsp3) is 0.385. The predicted octanol–water partition coefficient (Wildman–Crippen LogP) is 2.01. The van der Waals surface area contributed by atoms with Crippen molar-refractivity contribution in [1.29, 1.82) is 0 Å². The van der Waals surface area contributed by atoms with Crippen LogP contribution >= 0.6 is 0 Å². The SMILES string of the molecule is CC[C@H](C)[C@H](NC(=O)Cc1ccccc1)C(=O)NCC(=O)N1c2ccccc2C[C@H]1C(=O)OC. The van der Waals surface area contributed by atoms with Gasteiger partial charge in [0.25, 0.3) is 0 Å². The summed E-state index contributed by atoms with van der Waals surface area (Å²) in [5.41, 5.74) is 2.34. The molecule has 0 aromatic heterocycles. The molecule has 2 aromatic rings. The van der Waals surface area contributed by atoms with Crippen LogP contribution in [0.5, 0.6) is 0 Å². The Labute approximate surface area is 199 Å². The van der Waals surface area contributed by atoms with Gasteiger partial charge in [-0.05, 0) is 23.1 Å². The van der Waals surface area contributed by atoms with E-state index < -0.39 is 29.9 Å². The number of para-hydroxylation sites is 1. The maximum Gasteiger partial charge on any atom is 0.329 e. The predicted molar refractivity (Wildman–Crippen MR) is 128 cm³/mol. The van der Waals surface area contributed by atoms with Gasteiger partial charge in [-0.15, -0.1) is 0 Å². The average molecular weight is 466 g/mol. The van der Waals surface area contributed by atoms with Gasteiger partial charge < -0.3 is 15.4 Å². The minimum Gasteiger partial charge on any atom is -0.467 e. The van der Waals surface area contributed by atoms with Gasteiger partial charge in [-0.1, -0.05) is 68.8 Å². The molecule has 1 heterocycles. The molecule has 1 aliphatic rings. The van der Waals surface area contributed by atoms with Crippen molar-refractivity contribution in [3.63, 3.8) is 0 Å². The summed E-state index contributed by atoms with van der Waals surface area (Å²) in [6.07, 6.45) is 1.18.